The fraction of sp³-hybridized carbons (Fsp3) is 0.500. The van der Waals surface area contributed by atoms with Crippen LogP contribution >= 0.6 is 0 Å². The molecule has 2 rings (SSSR count). The lowest BCUT2D eigenvalue weighted by Crippen LogP contribution is -2.22. The largest absolute Gasteiger partial charge is 0.352 e. The maximum Gasteiger partial charge on any atom is 0.220 e. The quantitative estimate of drug-likeness (QED) is 0.869. The van der Waals surface area contributed by atoms with Gasteiger partial charge in [0.2, 0.25) is 5.91 Å². The van der Waals surface area contributed by atoms with E-state index in [9.17, 15) is 4.79 Å². The Balaban J connectivity index is 1.85. The Hall–Kier alpha value is -1.39. The zero-order valence-corrected chi connectivity index (χ0v) is 10.6. The normalized spacial score (nSPS) is 15.8. The molecule has 4 nitrogen and oxygen atoms in total. The van der Waals surface area contributed by atoms with E-state index < -0.39 is 0 Å². The highest BCUT2D eigenvalue weighted by molar-refractivity contribution is 5.75. The summed E-state index contributed by atoms with van der Waals surface area (Å²) >= 11 is 0. The van der Waals surface area contributed by atoms with Crippen molar-refractivity contribution in [3.05, 3.63) is 35.4 Å². The number of carbonyl (C=O) groups excluding carboxylic acids is 1. The number of amides is 1. The lowest BCUT2D eigenvalue weighted by Gasteiger charge is -2.10. The first-order valence-corrected chi connectivity index (χ1v) is 6.38. The van der Waals surface area contributed by atoms with Crippen LogP contribution in [0.2, 0.25) is 0 Å². The molecular weight excluding hydrogens is 230 g/mol. The van der Waals surface area contributed by atoms with E-state index in [2.05, 4.69) is 5.32 Å². The van der Waals surface area contributed by atoms with Crippen LogP contribution in [0.1, 0.15) is 37.2 Å². The van der Waals surface area contributed by atoms with Gasteiger partial charge in [-0.1, -0.05) is 31.2 Å². The molecule has 0 bridgehead atoms. The number of ether oxygens (including phenoxy) is 2. The van der Waals surface area contributed by atoms with Gasteiger partial charge in [0.25, 0.3) is 0 Å². The van der Waals surface area contributed by atoms with E-state index in [1.54, 1.807) is 0 Å². The third-order valence-electron chi connectivity index (χ3n) is 2.84. The minimum Gasteiger partial charge on any atom is -0.352 e. The summed E-state index contributed by atoms with van der Waals surface area (Å²) in [6, 6.07) is 7.95. The molecule has 0 saturated carbocycles. The summed E-state index contributed by atoms with van der Waals surface area (Å²) in [4.78, 5) is 11.3. The summed E-state index contributed by atoms with van der Waals surface area (Å²) in [6.07, 6.45) is 1.23. The highest BCUT2D eigenvalue weighted by Crippen LogP contribution is 2.23. The lowest BCUT2D eigenvalue weighted by atomic mass is 10.1. The molecule has 1 aliphatic rings. The van der Waals surface area contributed by atoms with Gasteiger partial charge >= 0.3 is 0 Å². The molecule has 1 fully saturated rings. The third kappa shape index (κ3) is 3.55. The molecule has 1 aliphatic heterocycles. The zero-order valence-electron chi connectivity index (χ0n) is 10.6. The summed E-state index contributed by atoms with van der Waals surface area (Å²) in [5, 5.41) is 2.89. The topological polar surface area (TPSA) is 47.6 Å². The van der Waals surface area contributed by atoms with Crippen LogP contribution in [0.5, 0.6) is 0 Å². The Morgan fingerprint density at radius 3 is 2.56 bits per heavy atom. The van der Waals surface area contributed by atoms with Crippen molar-refractivity contribution >= 4 is 5.91 Å². The van der Waals surface area contributed by atoms with Crippen LogP contribution in [-0.2, 0) is 20.8 Å². The zero-order chi connectivity index (χ0) is 12.8. The highest BCUT2D eigenvalue weighted by atomic mass is 16.7. The monoisotopic (exact) mass is 249 g/mol. The summed E-state index contributed by atoms with van der Waals surface area (Å²) in [6.45, 7) is 3.88. The number of benzene rings is 1. The maximum absolute atomic E-state index is 11.3. The average Bonchev–Trinajstić information content (AvgIpc) is 2.91. The number of carbonyl (C=O) groups is 1. The summed E-state index contributed by atoms with van der Waals surface area (Å²) in [5.74, 6) is 0.101. The molecule has 1 aromatic rings. The predicted molar refractivity (Wildman–Crippen MR) is 67.8 cm³/mol. The van der Waals surface area contributed by atoms with E-state index in [0.29, 0.717) is 26.2 Å². The van der Waals surface area contributed by atoms with Crippen molar-refractivity contribution in [2.75, 3.05) is 13.2 Å². The number of hydrogen-bond donors (Lipinski definition) is 1. The molecule has 0 unspecified atom stereocenters. The maximum atomic E-state index is 11.3. The van der Waals surface area contributed by atoms with Gasteiger partial charge in [-0.3, -0.25) is 4.79 Å². The Labute approximate surface area is 107 Å². The van der Waals surface area contributed by atoms with Crippen molar-refractivity contribution in [3.8, 4) is 0 Å². The van der Waals surface area contributed by atoms with Gasteiger partial charge in [0.1, 0.15) is 0 Å². The summed E-state index contributed by atoms with van der Waals surface area (Å²) in [5.41, 5.74) is 2.11. The van der Waals surface area contributed by atoms with E-state index in [0.717, 1.165) is 17.5 Å². The van der Waals surface area contributed by atoms with E-state index in [-0.39, 0.29) is 12.2 Å². The van der Waals surface area contributed by atoms with E-state index >= 15 is 0 Å². The van der Waals surface area contributed by atoms with Crippen LogP contribution in [-0.4, -0.2) is 19.1 Å². The Morgan fingerprint density at radius 2 is 1.94 bits per heavy atom. The Kier molecular flexibility index (Phi) is 4.73. The third-order valence-corrected chi connectivity index (χ3v) is 2.84. The van der Waals surface area contributed by atoms with Crippen LogP contribution < -0.4 is 5.32 Å². The van der Waals surface area contributed by atoms with Gasteiger partial charge in [0, 0.05) is 18.5 Å². The fourth-order valence-electron chi connectivity index (χ4n) is 1.86. The van der Waals surface area contributed by atoms with Gasteiger partial charge in [-0.05, 0) is 12.0 Å². The standard InChI is InChI=1S/C14H19NO3/c1-2-3-13(16)15-10-11-4-6-12(7-5-11)14-17-8-9-18-14/h4-7,14H,2-3,8-10H2,1H3,(H,15,16). The van der Waals surface area contributed by atoms with Crippen molar-refractivity contribution < 1.29 is 14.3 Å². The fourth-order valence-corrected chi connectivity index (χ4v) is 1.86. The molecule has 1 heterocycles. The molecule has 0 aliphatic carbocycles. The van der Waals surface area contributed by atoms with Gasteiger partial charge < -0.3 is 14.8 Å². The lowest BCUT2D eigenvalue weighted by molar-refractivity contribution is -0.121. The molecule has 0 aromatic heterocycles. The van der Waals surface area contributed by atoms with Crippen molar-refractivity contribution in [1.29, 1.82) is 0 Å². The molecule has 0 atom stereocenters. The van der Waals surface area contributed by atoms with Crippen molar-refractivity contribution in [3.63, 3.8) is 0 Å². The molecule has 1 amide bonds. The van der Waals surface area contributed by atoms with Gasteiger partial charge in [-0.2, -0.15) is 0 Å². The van der Waals surface area contributed by atoms with Crippen molar-refractivity contribution in [1.82, 2.24) is 5.32 Å². The first-order chi connectivity index (χ1) is 8.79. The summed E-state index contributed by atoms with van der Waals surface area (Å²) in [7, 11) is 0. The predicted octanol–water partition coefficient (Wildman–Crippen LogP) is 2.15. The van der Waals surface area contributed by atoms with Crippen LogP contribution in [0.3, 0.4) is 0 Å². The van der Waals surface area contributed by atoms with Crippen LogP contribution in [0.4, 0.5) is 0 Å². The van der Waals surface area contributed by atoms with Crippen LogP contribution in [0.25, 0.3) is 0 Å². The molecule has 98 valence electrons. The van der Waals surface area contributed by atoms with Gasteiger partial charge in [-0.15, -0.1) is 0 Å². The second kappa shape index (κ2) is 6.52. The van der Waals surface area contributed by atoms with E-state index in [4.69, 9.17) is 9.47 Å². The van der Waals surface area contributed by atoms with Gasteiger partial charge in [-0.25, -0.2) is 0 Å². The first-order valence-electron chi connectivity index (χ1n) is 6.38. The Bertz CT molecular complexity index is 383. The molecule has 1 aromatic carbocycles. The second-order valence-corrected chi connectivity index (χ2v) is 4.34. The SMILES string of the molecule is CCCC(=O)NCc1ccc(C2OCCO2)cc1. The average molecular weight is 249 g/mol. The molecular formula is C14H19NO3. The molecule has 4 heteroatoms. The van der Waals surface area contributed by atoms with Crippen molar-refractivity contribution in [2.45, 2.75) is 32.6 Å². The van der Waals surface area contributed by atoms with Crippen LogP contribution in [0, 0.1) is 0 Å². The molecule has 1 N–H and O–H groups in total. The summed E-state index contributed by atoms with van der Waals surface area (Å²) < 4.78 is 10.8. The number of hydrogen-bond acceptors (Lipinski definition) is 3. The van der Waals surface area contributed by atoms with Gasteiger partial charge in [0.15, 0.2) is 6.29 Å². The minimum absolute atomic E-state index is 0.101. The smallest absolute Gasteiger partial charge is 0.220 e. The van der Waals surface area contributed by atoms with Crippen LogP contribution in [0.15, 0.2) is 24.3 Å². The van der Waals surface area contributed by atoms with Crippen molar-refractivity contribution in [2.24, 2.45) is 0 Å². The molecule has 1 saturated heterocycles. The van der Waals surface area contributed by atoms with E-state index in [1.165, 1.54) is 0 Å². The Morgan fingerprint density at radius 1 is 1.28 bits per heavy atom. The molecule has 0 spiro atoms. The second-order valence-electron chi connectivity index (χ2n) is 4.34. The first kappa shape index (κ1) is 13.1. The van der Waals surface area contributed by atoms with E-state index in [1.807, 2.05) is 31.2 Å². The number of rotatable bonds is 5. The molecule has 0 radical (unpaired) electrons. The highest BCUT2D eigenvalue weighted by Gasteiger charge is 2.17. The number of nitrogens with one attached hydrogen (secondary N) is 1. The minimum atomic E-state index is -0.228. The van der Waals surface area contributed by atoms with Gasteiger partial charge in [0.05, 0.1) is 13.2 Å². The molecule has 18 heavy (non-hydrogen) atoms.